The Bertz CT molecular complexity index is 1270. The quantitative estimate of drug-likeness (QED) is 0.375. The number of ether oxygens (including phenoxy) is 1. The van der Waals surface area contributed by atoms with E-state index in [1.165, 1.54) is 0 Å². The van der Waals surface area contributed by atoms with E-state index in [9.17, 15) is 4.79 Å². The van der Waals surface area contributed by atoms with Crippen LogP contribution in [0.1, 0.15) is 12.8 Å². The molecular weight excluding hydrogens is 452 g/mol. The van der Waals surface area contributed by atoms with Crippen LogP contribution in [0.5, 0.6) is 5.75 Å². The molecule has 3 heterocycles. The number of para-hydroxylation sites is 1. The molecule has 0 atom stereocenters. The van der Waals surface area contributed by atoms with Gasteiger partial charge in [-0.25, -0.2) is 14.6 Å². The zero-order valence-corrected chi connectivity index (χ0v) is 19.4. The van der Waals surface area contributed by atoms with Crippen LogP contribution in [0.4, 0.5) is 5.82 Å². The van der Waals surface area contributed by atoms with Gasteiger partial charge in [0.1, 0.15) is 17.9 Å². The van der Waals surface area contributed by atoms with E-state index in [4.69, 9.17) is 16.3 Å². The van der Waals surface area contributed by atoms with Gasteiger partial charge in [-0.3, -0.25) is 4.79 Å². The number of halogens is 1. The first-order chi connectivity index (χ1) is 16.7. The zero-order valence-electron chi connectivity index (χ0n) is 18.7. The van der Waals surface area contributed by atoms with E-state index in [1.54, 1.807) is 17.2 Å². The van der Waals surface area contributed by atoms with Crippen LogP contribution in [-0.4, -0.2) is 63.3 Å². The minimum Gasteiger partial charge on any atom is -0.494 e. The maximum Gasteiger partial charge on any atom is 0.222 e. The van der Waals surface area contributed by atoms with Gasteiger partial charge in [0.25, 0.3) is 0 Å². The van der Waals surface area contributed by atoms with E-state index in [1.807, 2.05) is 59.5 Å². The Balaban J connectivity index is 1.18. The highest BCUT2D eigenvalue weighted by molar-refractivity contribution is 6.30. The maximum atomic E-state index is 12.7. The second-order valence-corrected chi connectivity index (χ2v) is 8.54. The summed E-state index contributed by atoms with van der Waals surface area (Å²) in [5.74, 6) is 1.83. The molecule has 1 amide bonds. The first-order valence-electron chi connectivity index (χ1n) is 11.3. The minimum atomic E-state index is 0.165. The van der Waals surface area contributed by atoms with Gasteiger partial charge in [0.15, 0.2) is 5.65 Å². The van der Waals surface area contributed by atoms with Crippen LogP contribution in [0.3, 0.4) is 0 Å². The van der Waals surface area contributed by atoms with Crippen LogP contribution >= 0.6 is 11.6 Å². The van der Waals surface area contributed by atoms with Gasteiger partial charge in [-0.2, -0.15) is 5.10 Å². The van der Waals surface area contributed by atoms with Gasteiger partial charge in [0.2, 0.25) is 5.91 Å². The summed E-state index contributed by atoms with van der Waals surface area (Å²) in [4.78, 5) is 25.8. The van der Waals surface area contributed by atoms with Gasteiger partial charge >= 0.3 is 0 Å². The van der Waals surface area contributed by atoms with Crippen molar-refractivity contribution in [1.29, 1.82) is 0 Å². The average Bonchev–Trinajstić information content (AvgIpc) is 3.32. The summed E-state index contributed by atoms with van der Waals surface area (Å²) in [7, 11) is 0. The van der Waals surface area contributed by atoms with Crippen LogP contribution < -0.4 is 9.64 Å². The molecule has 0 bridgehead atoms. The SMILES string of the molecule is O=C(CCCOc1ccccc1)N1CCN(c2ncnc3c2cnn3-c2cccc(Cl)c2)CC1. The lowest BCUT2D eigenvalue weighted by Gasteiger charge is -2.35. The number of piperazine rings is 1. The number of carbonyl (C=O) groups excluding carboxylic acids is 1. The summed E-state index contributed by atoms with van der Waals surface area (Å²) in [6, 6.07) is 17.2. The third-order valence-electron chi connectivity index (χ3n) is 5.88. The van der Waals surface area contributed by atoms with Gasteiger partial charge in [0.05, 0.1) is 23.9 Å². The number of fused-ring (bicyclic) bond motifs is 1. The third kappa shape index (κ3) is 4.82. The van der Waals surface area contributed by atoms with E-state index >= 15 is 0 Å². The normalized spacial score (nSPS) is 13.9. The molecule has 2 aromatic carbocycles. The van der Waals surface area contributed by atoms with E-state index in [0.717, 1.165) is 28.3 Å². The molecule has 0 spiro atoms. The van der Waals surface area contributed by atoms with Gasteiger partial charge in [-0.1, -0.05) is 35.9 Å². The predicted octanol–water partition coefficient (Wildman–Crippen LogP) is 3.98. The zero-order chi connectivity index (χ0) is 23.3. The lowest BCUT2D eigenvalue weighted by atomic mass is 10.2. The summed E-state index contributed by atoms with van der Waals surface area (Å²) in [6.45, 7) is 3.27. The second-order valence-electron chi connectivity index (χ2n) is 8.10. The highest BCUT2D eigenvalue weighted by Crippen LogP contribution is 2.26. The highest BCUT2D eigenvalue weighted by Gasteiger charge is 2.24. The molecule has 1 aliphatic rings. The summed E-state index contributed by atoms with van der Waals surface area (Å²) in [5, 5.41) is 6.04. The molecule has 174 valence electrons. The van der Waals surface area contributed by atoms with Crippen molar-refractivity contribution in [3.05, 3.63) is 72.1 Å². The molecule has 0 N–H and O–H groups in total. The van der Waals surface area contributed by atoms with Crippen LogP contribution in [-0.2, 0) is 4.79 Å². The number of rotatable bonds is 7. The summed E-state index contributed by atoms with van der Waals surface area (Å²) >= 11 is 6.15. The Hall–Kier alpha value is -3.65. The summed E-state index contributed by atoms with van der Waals surface area (Å²) < 4.78 is 7.46. The van der Waals surface area contributed by atoms with Crippen molar-refractivity contribution in [3.8, 4) is 11.4 Å². The smallest absolute Gasteiger partial charge is 0.222 e. The van der Waals surface area contributed by atoms with Crippen molar-refractivity contribution >= 4 is 34.4 Å². The fourth-order valence-electron chi connectivity index (χ4n) is 4.14. The number of amides is 1. The van der Waals surface area contributed by atoms with Gasteiger partial charge in [-0.15, -0.1) is 0 Å². The van der Waals surface area contributed by atoms with Crippen molar-refractivity contribution in [2.75, 3.05) is 37.7 Å². The molecule has 0 saturated carbocycles. The molecule has 1 fully saturated rings. The molecule has 9 heteroatoms. The van der Waals surface area contributed by atoms with Crippen LogP contribution in [0.15, 0.2) is 67.1 Å². The van der Waals surface area contributed by atoms with Crippen molar-refractivity contribution in [2.24, 2.45) is 0 Å². The van der Waals surface area contributed by atoms with E-state index in [0.29, 0.717) is 50.7 Å². The van der Waals surface area contributed by atoms with Gasteiger partial charge < -0.3 is 14.5 Å². The van der Waals surface area contributed by atoms with Gasteiger partial charge in [-0.05, 0) is 36.8 Å². The minimum absolute atomic E-state index is 0.165. The van der Waals surface area contributed by atoms with E-state index in [-0.39, 0.29) is 5.91 Å². The van der Waals surface area contributed by atoms with Crippen molar-refractivity contribution in [1.82, 2.24) is 24.6 Å². The number of aromatic nitrogens is 4. The van der Waals surface area contributed by atoms with Crippen LogP contribution in [0.25, 0.3) is 16.7 Å². The monoisotopic (exact) mass is 476 g/mol. The summed E-state index contributed by atoms with van der Waals surface area (Å²) in [6.07, 6.45) is 4.53. The second kappa shape index (κ2) is 10.1. The van der Waals surface area contributed by atoms with E-state index in [2.05, 4.69) is 20.0 Å². The standard InChI is InChI=1S/C25H25ClN6O2/c26-19-6-4-7-20(16-19)32-25-22(17-29-32)24(27-18-28-25)31-13-11-30(12-14-31)23(33)10-5-15-34-21-8-2-1-3-9-21/h1-4,6-9,16-18H,5,10-15H2. The molecule has 1 aliphatic heterocycles. The Morgan fingerprint density at radius 2 is 1.82 bits per heavy atom. The molecule has 0 unspecified atom stereocenters. The fourth-order valence-corrected chi connectivity index (χ4v) is 4.32. The first kappa shape index (κ1) is 22.2. The molecule has 2 aromatic heterocycles. The Morgan fingerprint density at radius 1 is 1.00 bits per heavy atom. The third-order valence-corrected chi connectivity index (χ3v) is 6.11. The number of anilines is 1. The van der Waals surface area contributed by atoms with Crippen molar-refractivity contribution in [2.45, 2.75) is 12.8 Å². The molecule has 0 radical (unpaired) electrons. The topological polar surface area (TPSA) is 76.4 Å². The Kier molecular flexibility index (Phi) is 6.58. The molecule has 5 rings (SSSR count). The van der Waals surface area contributed by atoms with Crippen LogP contribution in [0, 0.1) is 0 Å². The first-order valence-corrected chi connectivity index (χ1v) is 11.7. The van der Waals surface area contributed by atoms with Crippen molar-refractivity contribution in [3.63, 3.8) is 0 Å². The van der Waals surface area contributed by atoms with Gasteiger partial charge in [0, 0.05) is 37.6 Å². The highest BCUT2D eigenvalue weighted by atomic mass is 35.5. The van der Waals surface area contributed by atoms with E-state index < -0.39 is 0 Å². The lowest BCUT2D eigenvalue weighted by Crippen LogP contribution is -2.49. The summed E-state index contributed by atoms with van der Waals surface area (Å²) in [5.41, 5.74) is 1.57. The number of benzene rings is 2. The molecule has 1 saturated heterocycles. The average molecular weight is 477 g/mol. The number of nitrogens with zero attached hydrogens (tertiary/aromatic N) is 6. The van der Waals surface area contributed by atoms with Crippen LogP contribution in [0.2, 0.25) is 5.02 Å². The molecule has 0 aliphatic carbocycles. The predicted molar refractivity (Wildman–Crippen MR) is 132 cm³/mol. The molecule has 4 aromatic rings. The Labute approximate surface area is 202 Å². The fraction of sp³-hybridized carbons (Fsp3) is 0.280. The molecule has 34 heavy (non-hydrogen) atoms. The number of hydrogen-bond donors (Lipinski definition) is 0. The molecular formula is C25H25ClN6O2. The lowest BCUT2D eigenvalue weighted by molar-refractivity contribution is -0.131. The maximum absolute atomic E-state index is 12.7. The Morgan fingerprint density at radius 3 is 2.62 bits per heavy atom. The molecule has 8 nitrogen and oxygen atoms in total. The number of hydrogen-bond acceptors (Lipinski definition) is 6. The largest absolute Gasteiger partial charge is 0.494 e. The number of carbonyl (C=O) groups is 1. The van der Waals surface area contributed by atoms with Crippen molar-refractivity contribution < 1.29 is 9.53 Å².